The third kappa shape index (κ3) is 5.01. The van der Waals surface area contributed by atoms with Crippen molar-refractivity contribution in [2.45, 2.75) is 19.9 Å². The molecule has 156 valence electrons. The van der Waals surface area contributed by atoms with Crippen molar-refractivity contribution in [2.24, 2.45) is 0 Å². The normalized spacial score (nSPS) is 14.2. The van der Waals surface area contributed by atoms with Crippen LogP contribution in [0.4, 0.5) is 11.4 Å². The van der Waals surface area contributed by atoms with Gasteiger partial charge >= 0.3 is 0 Å². The van der Waals surface area contributed by atoms with E-state index >= 15 is 0 Å². The number of carbonyl (C=O) groups excluding carboxylic acids is 1. The first-order valence-corrected chi connectivity index (χ1v) is 11.3. The van der Waals surface area contributed by atoms with Crippen LogP contribution in [0, 0.1) is 0 Å². The number of hydrogen-bond acceptors (Lipinski definition) is 5. The van der Waals surface area contributed by atoms with Gasteiger partial charge in [0.05, 0.1) is 25.1 Å². The number of fused-ring (bicyclic) bond motifs is 1. The van der Waals surface area contributed by atoms with Crippen LogP contribution < -0.4 is 15.4 Å². The van der Waals surface area contributed by atoms with Gasteiger partial charge in [0.15, 0.2) is 0 Å². The summed E-state index contributed by atoms with van der Waals surface area (Å²) in [5.41, 5.74) is 3.34. The number of rotatable bonds is 7. The molecule has 7 nitrogen and oxygen atoms in total. The highest BCUT2D eigenvalue weighted by atomic mass is 35.5. The Kier molecular flexibility index (Phi) is 6.66. The van der Waals surface area contributed by atoms with E-state index in [9.17, 15) is 13.2 Å². The highest BCUT2D eigenvalue weighted by molar-refractivity contribution is 7.89. The van der Waals surface area contributed by atoms with E-state index in [4.69, 9.17) is 16.3 Å². The lowest BCUT2D eigenvalue weighted by atomic mass is 9.99. The summed E-state index contributed by atoms with van der Waals surface area (Å²) in [4.78, 5) is 12.4. The fourth-order valence-electron chi connectivity index (χ4n) is 3.32. The largest absolute Gasteiger partial charge is 0.495 e. The molecule has 2 aromatic rings. The molecule has 0 radical (unpaired) electrons. The Hall–Kier alpha value is -2.29. The second-order valence-corrected chi connectivity index (χ2v) is 9.37. The topological polar surface area (TPSA) is 87.7 Å². The number of anilines is 2. The van der Waals surface area contributed by atoms with Crippen LogP contribution in [0.2, 0.25) is 5.02 Å². The van der Waals surface area contributed by atoms with Crippen molar-refractivity contribution >= 4 is 38.9 Å². The first-order valence-electron chi connectivity index (χ1n) is 9.30. The molecule has 2 N–H and O–H groups in total. The van der Waals surface area contributed by atoms with Crippen LogP contribution in [0.5, 0.6) is 5.75 Å². The maximum atomic E-state index is 12.4. The van der Waals surface area contributed by atoms with E-state index in [1.165, 1.54) is 11.4 Å². The second-order valence-electron chi connectivity index (χ2n) is 6.67. The smallest absolute Gasteiger partial charge is 0.243 e. The van der Waals surface area contributed by atoms with Crippen LogP contribution in [0.15, 0.2) is 36.4 Å². The summed E-state index contributed by atoms with van der Waals surface area (Å²) >= 11 is 5.99. The van der Waals surface area contributed by atoms with Gasteiger partial charge in [0.1, 0.15) is 5.75 Å². The Morgan fingerprint density at radius 3 is 2.76 bits per heavy atom. The molecule has 29 heavy (non-hydrogen) atoms. The van der Waals surface area contributed by atoms with E-state index in [0.29, 0.717) is 36.0 Å². The molecule has 3 rings (SSSR count). The van der Waals surface area contributed by atoms with E-state index in [1.807, 2.05) is 18.2 Å². The Morgan fingerprint density at radius 2 is 2.03 bits per heavy atom. The number of nitrogens with zero attached hydrogens (tertiary/aromatic N) is 1. The molecule has 0 spiro atoms. The molecule has 0 fully saturated rings. The molecule has 0 saturated carbocycles. The van der Waals surface area contributed by atoms with Crippen molar-refractivity contribution in [2.75, 3.05) is 36.6 Å². The SMILES string of the molecule is CCS(=O)(=O)N1CCc2c(cccc2NCC(=O)Nc2cc(Cl)ccc2OC)C1. The standard InChI is InChI=1S/C20H24ClN3O4S/c1-3-29(26,27)24-10-9-16-14(13-24)5-4-6-17(16)22-12-20(25)23-18-11-15(21)7-8-19(18)28-2/h4-8,11,22H,3,9-10,12-13H2,1-2H3,(H,23,25). The maximum absolute atomic E-state index is 12.4. The molecule has 1 heterocycles. The Balaban J connectivity index is 1.68. The van der Waals surface area contributed by atoms with Gasteiger partial charge in [-0.2, -0.15) is 4.31 Å². The molecule has 1 amide bonds. The molecule has 0 aliphatic carbocycles. The minimum atomic E-state index is -3.22. The fraction of sp³-hybridized carbons (Fsp3) is 0.350. The zero-order chi connectivity index (χ0) is 21.0. The summed E-state index contributed by atoms with van der Waals surface area (Å²) in [7, 11) is -1.70. The average Bonchev–Trinajstić information content (AvgIpc) is 2.72. The van der Waals surface area contributed by atoms with Gasteiger partial charge in [-0.25, -0.2) is 8.42 Å². The quantitative estimate of drug-likeness (QED) is 0.694. The predicted octanol–water partition coefficient (Wildman–Crippen LogP) is 3.11. The highest BCUT2D eigenvalue weighted by Gasteiger charge is 2.26. The van der Waals surface area contributed by atoms with Gasteiger partial charge in [-0.05, 0) is 48.7 Å². The van der Waals surface area contributed by atoms with E-state index in [2.05, 4.69) is 10.6 Å². The molecule has 0 saturated heterocycles. The van der Waals surface area contributed by atoms with Crippen LogP contribution in [-0.4, -0.2) is 44.6 Å². The van der Waals surface area contributed by atoms with Crippen LogP contribution in [0.1, 0.15) is 18.1 Å². The van der Waals surface area contributed by atoms with E-state index in [0.717, 1.165) is 16.8 Å². The molecule has 2 aromatic carbocycles. The van der Waals surface area contributed by atoms with Crippen LogP contribution in [-0.2, 0) is 27.8 Å². The lowest BCUT2D eigenvalue weighted by Crippen LogP contribution is -2.37. The summed E-state index contributed by atoms with van der Waals surface area (Å²) in [6.45, 7) is 2.50. The number of benzene rings is 2. The second kappa shape index (κ2) is 9.02. The van der Waals surface area contributed by atoms with Crippen molar-refractivity contribution in [3.05, 3.63) is 52.5 Å². The number of hydrogen-bond donors (Lipinski definition) is 2. The first-order chi connectivity index (χ1) is 13.8. The molecule has 1 aliphatic rings. The minimum Gasteiger partial charge on any atom is -0.495 e. The number of amides is 1. The highest BCUT2D eigenvalue weighted by Crippen LogP contribution is 2.29. The molecular weight excluding hydrogens is 414 g/mol. The number of methoxy groups -OCH3 is 1. The van der Waals surface area contributed by atoms with Gasteiger partial charge in [-0.3, -0.25) is 4.79 Å². The first kappa shape index (κ1) is 21.4. The predicted molar refractivity (Wildman–Crippen MR) is 115 cm³/mol. The summed E-state index contributed by atoms with van der Waals surface area (Å²) in [6, 6.07) is 10.7. The number of nitrogens with one attached hydrogen (secondary N) is 2. The summed E-state index contributed by atoms with van der Waals surface area (Å²) < 4.78 is 31.1. The van der Waals surface area contributed by atoms with Gasteiger partial charge in [0, 0.05) is 23.8 Å². The third-order valence-corrected chi connectivity index (χ3v) is 6.93. The van der Waals surface area contributed by atoms with Crippen molar-refractivity contribution in [1.82, 2.24) is 4.31 Å². The Morgan fingerprint density at radius 1 is 1.24 bits per heavy atom. The van der Waals surface area contributed by atoms with Gasteiger partial charge in [-0.1, -0.05) is 23.7 Å². The van der Waals surface area contributed by atoms with Crippen LogP contribution in [0.3, 0.4) is 0 Å². The lowest BCUT2D eigenvalue weighted by Gasteiger charge is -2.29. The molecule has 9 heteroatoms. The number of carbonyl (C=O) groups is 1. The molecule has 0 aromatic heterocycles. The van der Waals surface area contributed by atoms with Gasteiger partial charge in [-0.15, -0.1) is 0 Å². The monoisotopic (exact) mass is 437 g/mol. The van der Waals surface area contributed by atoms with Gasteiger partial charge < -0.3 is 15.4 Å². The molecule has 1 aliphatic heterocycles. The minimum absolute atomic E-state index is 0.0586. The number of halogens is 1. The maximum Gasteiger partial charge on any atom is 0.243 e. The van der Waals surface area contributed by atoms with E-state index in [1.54, 1.807) is 25.1 Å². The van der Waals surface area contributed by atoms with E-state index in [-0.39, 0.29) is 18.2 Å². The molecule has 0 atom stereocenters. The summed E-state index contributed by atoms with van der Waals surface area (Å²) in [5, 5.41) is 6.45. The van der Waals surface area contributed by atoms with Crippen molar-refractivity contribution in [3.8, 4) is 5.75 Å². The lowest BCUT2D eigenvalue weighted by molar-refractivity contribution is -0.114. The summed E-state index contributed by atoms with van der Waals surface area (Å²) in [5.74, 6) is 0.374. The number of sulfonamides is 1. The zero-order valence-corrected chi connectivity index (χ0v) is 17.9. The fourth-order valence-corrected chi connectivity index (χ4v) is 4.56. The van der Waals surface area contributed by atoms with Crippen LogP contribution in [0.25, 0.3) is 0 Å². The average molecular weight is 438 g/mol. The summed E-state index contributed by atoms with van der Waals surface area (Å²) in [6.07, 6.45) is 0.599. The van der Waals surface area contributed by atoms with Gasteiger partial charge in [0.25, 0.3) is 0 Å². The van der Waals surface area contributed by atoms with E-state index < -0.39 is 10.0 Å². The van der Waals surface area contributed by atoms with Crippen molar-refractivity contribution < 1.29 is 17.9 Å². The Labute approximate surface area is 176 Å². The van der Waals surface area contributed by atoms with Gasteiger partial charge in [0.2, 0.25) is 15.9 Å². The van der Waals surface area contributed by atoms with Crippen molar-refractivity contribution in [3.63, 3.8) is 0 Å². The van der Waals surface area contributed by atoms with Crippen LogP contribution >= 0.6 is 11.6 Å². The number of ether oxygens (including phenoxy) is 1. The zero-order valence-electron chi connectivity index (χ0n) is 16.4. The molecular formula is C20H24ClN3O4S. The Bertz CT molecular complexity index is 1010. The third-order valence-electron chi connectivity index (χ3n) is 4.86. The molecule has 0 bridgehead atoms. The molecule has 0 unspecified atom stereocenters. The van der Waals surface area contributed by atoms with Crippen molar-refractivity contribution in [1.29, 1.82) is 0 Å².